The molecule has 0 saturated heterocycles. The summed E-state index contributed by atoms with van der Waals surface area (Å²) in [6, 6.07) is 0. The van der Waals surface area contributed by atoms with Gasteiger partial charge in [-0.05, 0) is 0 Å². The van der Waals surface area contributed by atoms with Crippen molar-refractivity contribution in [2.24, 2.45) is 0 Å². The molecule has 4 heavy (non-hydrogen) atoms. The summed E-state index contributed by atoms with van der Waals surface area (Å²) < 4.78 is 0. The zero-order valence-electron chi connectivity index (χ0n) is 2.12. The van der Waals surface area contributed by atoms with Gasteiger partial charge in [0.05, 0.1) is 0 Å². The fourth-order valence-corrected chi connectivity index (χ4v) is 0. The van der Waals surface area contributed by atoms with Crippen LogP contribution in [-0.4, -0.2) is 53.1 Å². The zero-order valence-corrected chi connectivity index (χ0v) is 14.6. The predicted octanol–water partition coefficient (Wildman–Crippen LogP) is -2.11. The first-order valence-corrected chi connectivity index (χ1v) is 0. The van der Waals surface area contributed by atoms with Crippen molar-refractivity contribution < 1.29 is 46.8 Å². The van der Waals surface area contributed by atoms with Gasteiger partial charge in [0, 0.05) is 46.8 Å². The van der Waals surface area contributed by atoms with Crippen molar-refractivity contribution in [3.05, 3.63) is 0 Å². The Bertz CT molecular complexity index is 8.00. The molecule has 0 atom stereocenters. The fraction of sp³-hybridized carbons (Fsp3) is 0. The van der Waals surface area contributed by atoms with Crippen molar-refractivity contribution >= 4 is 53.1 Å². The van der Waals surface area contributed by atoms with Crippen LogP contribution in [-0.2, 0) is 46.8 Å². The molecule has 0 saturated carbocycles. The molecule has 0 nitrogen and oxygen atoms in total. The Morgan fingerprint density at radius 1 is 1.00 bits per heavy atom. The Balaban J connectivity index is 0. The van der Waals surface area contributed by atoms with Crippen molar-refractivity contribution in [3.63, 3.8) is 0 Å². The molecule has 0 bridgehead atoms. The summed E-state index contributed by atoms with van der Waals surface area (Å²) in [7, 11) is 0. The van der Waals surface area contributed by atoms with Crippen LogP contribution < -0.4 is 0 Å². The quantitative estimate of drug-likeness (QED) is 0.332. The summed E-state index contributed by atoms with van der Waals surface area (Å²) in [4.78, 5) is 0. The largest absolute Gasteiger partial charge is 0 e. The maximum atomic E-state index is 0. The number of hydrogen-bond donors (Lipinski definition) is 0. The van der Waals surface area contributed by atoms with Crippen LogP contribution in [0.25, 0.3) is 0 Å². The summed E-state index contributed by atoms with van der Waals surface area (Å²) in [6.07, 6.45) is 0. The number of hydrogen-bond acceptors (Lipinski definition) is 0. The fourth-order valence-electron chi connectivity index (χ4n) is 0. The van der Waals surface area contributed by atoms with Crippen LogP contribution in [0, 0.1) is 0 Å². The van der Waals surface area contributed by atoms with E-state index in [1.807, 2.05) is 0 Å². The minimum atomic E-state index is 0. The maximum absolute atomic E-state index is 0. The van der Waals surface area contributed by atoms with Gasteiger partial charge in [-0.3, -0.25) is 0 Å². The van der Waals surface area contributed by atoms with E-state index < -0.39 is 0 Å². The van der Waals surface area contributed by atoms with Crippen LogP contribution >= 0.6 is 0 Å². The summed E-state index contributed by atoms with van der Waals surface area (Å²) in [5.74, 6) is 0. The summed E-state index contributed by atoms with van der Waals surface area (Å²) in [6.45, 7) is 0. The van der Waals surface area contributed by atoms with Gasteiger partial charge in [0.1, 0.15) is 0 Å². The average Bonchev–Trinajstić information content (AvgIpc) is 0. The minimum Gasteiger partial charge on any atom is 0 e. The molecule has 4 heteroatoms. The second-order valence-corrected chi connectivity index (χ2v) is 0. The van der Waals surface area contributed by atoms with E-state index in [0.717, 1.165) is 0 Å². The summed E-state index contributed by atoms with van der Waals surface area (Å²) >= 11 is 0. The molecule has 0 rings (SSSR count). The van der Waals surface area contributed by atoms with Crippen LogP contribution in [0.2, 0.25) is 0 Å². The Hall–Kier alpha value is 3.34. The van der Waals surface area contributed by atoms with E-state index >= 15 is 0 Å². The molecule has 0 aliphatic carbocycles. The molecule has 0 aliphatic rings. The Morgan fingerprint density at radius 2 is 1.00 bits per heavy atom. The molecule has 0 aliphatic heterocycles. The standard InChI is InChI=1S/Cd.In.Pb.Zn.5H. The molecular weight excluding hydrogens is 500 g/mol. The molecule has 0 fully saturated rings. The number of rotatable bonds is 0. The first-order valence-electron chi connectivity index (χ1n) is 0. The molecule has 0 aromatic rings. The topological polar surface area (TPSA) is 0 Å². The van der Waals surface area contributed by atoms with Crippen LogP contribution in [0.3, 0.4) is 0 Å². The smallest absolute Gasteiger partial charge is 0 e. The second kappa shape index (κ2) is 16.2. The molecule has 2 radical (unpaired) electrons. The minimum absolute atomic E-state index is 0. The molecule has 16 valence electrons. The van der Waals surface area contributed by atoms with Gasteiger partial charge in [-0.2, -0.15) is 0 Å². The van der Waals surface area contributed by atoms with Crippen LogP contribution in [0.5, 0.6) is 0 Å². The summed E-state index contributed by atoms with van der Waals surface area (Å²) in [5.41, 5.74) is 0. The molecule has 0 amide bonds. The van der Waals surface area contributed by atoms with Crippen molar-refractivity contribution in [2.75, 3.05) is 0 Å². The SMILES string of the molecule is [Cd].[InH3].[PbH2].[Zn]. The van der Waals surface area contributed by atoms with Gasteiger partial charge in [-0.15, -0.1) is 0 Å². The van der Waals surface area contributed by atoms with Gasteiger partial charge in [-0.1, -0.05) is 0 Å². The van der Waals surface area contributed by atoms with E-state index in [0.29, 0.717) is 0 Å². The van der Waals surface area contributed by atoms with E-state index in [9.17, 15) is 0 Å². The first-order chi connectivity index (χ1) is 0. The first kappa shape index (κ1) is 26.5. The van der Waals surface area contributed by atoms with Crippen molar-refractivity contribution in [2.45, 2.75) is 0 Å². The normalized spacial score (nSPS) is 0. The van der Waals surface area contributed by atoms with Gasteiger partial charge in [0.25, 0.3) is 0 Å². The summed E-state index contributed by atoms with van der Waals surface area (Å²) in [5, 5.41) is 0. The molecule has 0 unspecified atom stereocenters. The Labute approximate surface area is 97.7 Å². The maximum Gasteiger partial charge on any atom is 0 e. The van der Waals surface area contributed by atoms with Crippen molar-refractivity contribution in [1.29, 1.82) is 0 Å². The van der Waals surface area contributed by atoms with Gasteiger partial charge in [-0.25, -0.2) is 0 Å². The second-order valence-electron chi connectivity index (χ2n) is 0. The van der Waals surface area contributed by atoms with Crippen molar-refractivity contribution in [1.82, 2.24) is 0 Å². The predicted molar refractivity (Wildman–Crippen MR) is 18.5 cm³/mol. The third kappa shape index (κ3) is 9.02. The van der Waals surface area contributed by atoms with E-state index in [2.05, 4.69) is 0 Å². The van der Waals surface area contributed by atoms with Crippen molar-refractivity contribution in [3.8, 4) is 0 Å². The van der Waals surface area contributed by atoms with E-state index in [4.69, 9.17) is 0 Å². The Kier molecular flexibility index (Phi) is 107. The van der Waals surface area contributed by atoms with Crippen LogP contribution in [0.4, 0.5) is 0 Å². The molecule has 0 spiro atoms. The van der Waals surface area contributed by atoms with Gasteiger partial charge < -0.3 is 0 Å². The zero-order chi connectivity index (χ0) is 0. The van der Waals surface area contributed by atoms with Gasteiger partial charge in [0.15, 0.2) is 0 Å². The molecular formula is H5CdInPbZn. The van der Waals surface area contributed by atoms with Gasteiger partial charge in [0.2, 0.25) is 0 Å². The monoisotopic (exact) mass is 506 g/mol. The van der Waals surface area contributed by atoms with E-state index in [1.165, 1.54) is 0 Å². The van der Waals surface area contributed by atoms with Crippen LogP contribution in [0.1, 0.15) is 0 Å². The van der Waals surface area contributed by atoms with Gasteiger partial charge >= 0.3 is 53.1 Å². The molecule has 0 heterocycles. The van der Waals surface area contributed by atoms with E-state index in [-0.39, 0.29) is 99.9 Å². The molecule has 0 aromatic carbocycles. The van der Waals surface area contributed by atoms with E-state index in [1.54, 1.807) is 0 Å². The average molecular weight is 505 g/mol. The third-order valence-corrected chi connectivity index (χ3v) is 0. The molecule has 0 N–H and O–H groups in total. The molecule has 0 aromatic heterocycles. The van der Waals surface area contributed by atoms with Crippen LogP contribution in [0.15, 0.2) is 0 Å². The third-order valence-electron chi connectivity index (χ3n) is 0. The Morgan fingerprint density at radius 3 is 1.00 bits per heavy atom.